The molecular formula is C19H32N2. The lowest BCUT2D eigenvalue weighted by molar-refractivity contribution is 0.211. The molecule has 0 spiro atoms. The van der Waals surface area contributed by atoms with Gasteiger partial charge in [0.05, 0.1) is 0 Å². The van der Waals surface area contributed by atoms with Crippen molar-refractivity contribution in [2.45, 2.75) is 71.3 Å². The van der Waals surface area contributed by atoms with Crippen LogP contribution in [0.1, 0.15) is 63.0 Å². The predicted octanol–water partition coefficient (Wildman–Crippen LogP) is 4.37. The van der Waals surface area contributed by atoms with E-state index in [1.807, 2.05) is 0 Å². The zero-order valence-corrected chi connectivity index (χ0v) is 13.8. The van der Waals surface area contributed by atoms with Gasteiger partial charge >= 0.3 is 0 Å². The van der Waals surface area contributed by atoms with Crippen LogP contribution >= 0.6 is 0 Å². The Kier molecular flexibility index (Phi) is 6.72. The van der Waals surface area contributed by atoms with Gasteiger partial charge in [-0.15, -0.1) is 0 Å². The van der Waals surface area contributed by atoms with Crippen LogP contribution in [0.4, 0.5) is 0 Å². The van der Waals surface area contributed by atoms with Crippen molar-refractivity contribution < 1.29 is 0 Å². The fraction of sp³-hybridized carbons (Fsp3) is 0.684. The van der Waals surface area contributed by atoms with Crippen molar-refractivity contribution in [1.29, 1.82) is 0 Å². The standard InChI is InChI=1S/C19H32N2/c1-3-4-8-16-10-12-17(13-11-16)19(21-20)14-18-9-6-5-7-15(18)2/h5-7,9,16-17,19,21H,3-4,8,10-14,20H2,1-2H3. The van der Waals surface area contributed by atoms with Crippen molar-refractivity contribution in [3.05, 3.63) is 35.4 Å². The van der Waals surface area contributed by atoms with E-state index in [0.717, 1.165) is 18.3 Å². The van der Waals surface area contributed by atoms with E-state index >= 15 is 0 Å². The zero-order valence-electron chi connectivity index (χ0n) is 13.8. The number of benzene rings is 1. The molecule has 118 valence electrons. The van der Waals surface area contributed by atoms with E-state index in [2.05, 4.69) is 43.5 Å². The second kappa shape index (κ2) is 8.55. The van der Waals surface area contributed by atoms with E-state index in [1.165, 1.54) is 56.1 Å². The fourth-order valence-corrected chi connectivity index (χ4v) is 3.81. The van der Waals surface area contributed by atoms with Crippen LogP contribution in [0.2, 0.25) is 0 Å². The highest BCUT2D eigenvalue weighted by Crippen LogP contribution is 2.34. The third-order valence-corrected chi connectivity index (χ3v) is 5.34. The first-order valence-electron chi connectivity index (χ1n) is 8.75. The van der Waals surface area contributed by atoms with E-state index in [4.69, 9.17) is 5.84 Å². The van der Waals surface area contributed by atoms with Crippen LogP contribution in [-0.2, 0) is 6.42 Å². The monoisotopic (exact) mass is 288 g/mol. The second-order valence-electron chi connectivity index (χ2n) is 6.83. The maximum absolute atomic E-state index is 5.87. The molecule has 1 aliphatic carbocycles. The first-order chi connectivity index (χ1) is 10.2. The molecule has 1 aliphatic rings. The highest BCUT2D eigenvalue weighted by molar-refractivity contribution is 5.26. The van der Waals surface area contributed by atoms with Gasteiger partial charge < -0.3 is 0 Å². The summed E-state index contributed by atoms with van der Waals surface area (Å²) in [6.45, 7) is 4.49. The van der Waals surface area contributed by atoms with Crippen molar-refractivity contribution in [2.75, 3.05) is 0 Å². The quantitative estimate of drug-likeness (QED) is 0.577. The van der Waals surface area contributed by atoms with Crippen LogP contribution < -0.4 is 11.3 Å². The Morgan fingerprint density at radius 2 is 1.90 bits per heavy atom. The van der Waals surface area contributed by atoms with Gasteiger partial charge in [-0.1, -0.05) is 63.3 Å². The summed E-state index contributed by atoms with van der Waals surface area (Å²) in [4.78, 5) is 0. The highest BCUT2D eigenvalue weighted by atomic mass is 15.2. The van der Waals surface area contributed by atoms with Crippen LogP contribution in [0.25, 0.3) is 0 Å². The molecule has 1 fully saturated rings. The third-order valence-electron chi connectivity index (χ3n) is 5.34. The summed E-state index contributed by atoms with van der Waals surface area (Å²) in [7, 11) is 0. The lowest BCUT2D eigenvalue weighted by Gasteiger charge is -2.34. The number of rotatable bonds is 7. The van der Waals surface area contributed by atoms with Gasteiger partial charge in [-0.3, -0.25) is 11.3 Å². The molecule has 0 heterocycles. The van der Waals surface area contributed by atoms with E-state index in [-0.39, 0.29) is 0 Å². The molecule has 3 N–H and O–H groups in total. The summed E-state index contributed by atoms with van der Waals surface area (Å²) in [6, 6.07) is 9.12. The van der Waals surface area contributed by atoms with Gasteiger partial charge in [0.15, 0.2) is 0 Å². The minimum Gasteiger partial charge on any atom is -0.271 e. The largest absolute Gasteiger partial charge is 0.271 e. The van der Waals surface area contributed by atoms with Crippen molar-refractivity contribution in [3.63, 3.8) is 0 Å². The third kappa shape index (κ3) is 4.82. The molecule has 0 aliphatic heterocycles. The molecule has 0 saturated heterocycles. The molecule has 1 aromatic carbocycles. The number of hydrazine groups is 1. The Labute approximate surface area is 130 Å². The molecule has 2 heteroatoms. The smallest absolute Gasteiger partial charge is 0.0279 e. The van der Waals surface area contributed by atoms with Gasteiger partial charge in [-0.2, -0.15) is 0 Å². The molecule has 21 heavy (non-hydrogen) atoms. The molecule has 1 aromatic rings. The fourth-order valence-electron chi connectivity index (χ4n) is 3.81. The molecule has 1 atom stereocenters. The molecule has 1 saturated carbocycles. The maximum Gasteiger partial charge on any atom is 0.0279 e. The molecule has 1 unspecified atom stereocenters. The Morgan fingerprint density at radius 1 is 1.19 bits per heavy atom. The molecule has 0 amide bonds. The summed E-state index contributed by atoms with van der Waals surface area (Å²) < 4.78 is 0. The zero-order chi connectivity index (χ0) is 15.1. The van der Waals surface area contributed by atoms with E-state index < -0.39 is 0 Å². The number of hydrogen-bond donors (Lipinski definition) is 2. The molecule has 0 bridgehead atoms. The maximum atomic E-state index is 5.87. The van der Waals surface area contributed by atoms with Gasteiger partial charge in [0.1, 0.15) is 0 Å². The normalized spacial score (nSPS) is 24.0. The van der Waals surface area contributed by atoms with Gasteiger partial charge in [-0.25, -0.2) is 0 Å². The van der Waals surface area contributed by atoms with Gasteiger partial charge in [0.2, 0.25) is 0 Å². The lowest BCUT2D eigenvalue weighted by atomic mass is 9.75. The highest BCUT2D eigenvalue weighted by Gasteiger charge is 2.27. The summed E-state index contributed by atoms with van der Waals surface area (Å²) in [5.41, 5.74) is 5.93. The number of nitrogens with one attached hydrogen (secondary N) is 1. The average Bonchev–Trinajstić information content (AvgIpc) is 2.53. The first kappa shape index (κ1) is 16.5. The summed E-state index contributed by atoms with van der Waals surface area (Å²) >= 11 is 0. The van der Waals surface area contributed by atoms with E-state index in [0.29, 0.717) is 6.04 Å². The summed E-state index contributed by atoms with van der Waals surface area (Å²) in [5, 5.41) is 0. The second-order valence-corrected chi connectivity index (χ2v) is 6.83. The van der Waals surface area contributed by atoms with E-state index in [1.54, 1.807) is 0 Å². The topological polar surface area (TPSA) is 38.0 Å². The SMILES string of the molecule is CCCCC1CCC(C(Cc2ccccc2C)NN)CC1. The van der Waals surface area contributed by atoms with Crippen molar-refractivity contribution in [1.82, 2.24) is 5.43 Å². The Balaban J connectivity index is 1.86. The van der Waals surface area contributed by atoms with Crippen molar-refractivity contribution >= 4 is 0 Å². The molecule has 0 aromatic heterocycles. The molecule has 0 radical (unpaired) electrons. The van der Waals surface area contributed by atoms with E-state index in [9.17, 15) is 0 Å². The predicted molar refractivity (Wildman–Crippen MR) is 91.0 cm³/mol. The Bertz CT molecular complexity index is 408. The van der Waals surface area contributed by atoms with Crippen LogP contribution in [0.15, 0.2) is 24.3 Å². The molecule has 2 nitrogen and oxygen atoms in total. The minimum absolute atomic E-state index is 0.429. The van der Waals surface area contributed by atoms with Crippen molar-refractivity contribution in [2.24, 2.45) is 17.7 Å². The van der Waals surface area contributed by atoms with Gasteiger partial charge in [0, 0.05) is 6.04 Å². The number of unbranched alkanes of at least 4 members (excludes halogenated alkanes) is 1. The molecule has 2 rings (SSSR count). The Morgan fingerprint density at radius 3 is 2.52 bits per heavy atom. The number of nitrogens with two attached hydrogens (primary N) is 1. The van der Waals surface area contributed by atoms with Gasteiger partial charge in [0.25, 0.3) is 0 Å². The van der Waals surface area contributed by atoms with Crippen LogP contribution in [0, 0.1) is 18.8 Å². The van der Waals surface area contributed by atoms with Crippen LogP contribution in [-0.4, -0.2) is 6.04 Å². The van der Waals surface area contributed by atoms with Crippen molar-refractivity contribution in [3.8, 4) is 0 Å². The number of hydrogen-bond acceptors (Lipinski definition) is 2. The van der Waals surface area contributed by atoms with Crippen LogP contribution in [0.5, 0.6) is 0 Å². The Hall–Kier alpha value is -0.860. The lowest BCUT2D eigenvalue weighted by Crippen LogP contribution is -2.43. The first-order valence-corrected chi connectivity index (χ1v) is 8.75. The summed E-state index contributed by atoms with van der Waals surface area (Å²) in [6.07, 6.45) is 10.7. The minimum atomic E-state index is 0.429. The number of aryl methyl sites for hydroxylation is 1. The van der Waals surface area contributed by atoms with Gasteiger partial charge in [-0.05, 0) is 49.1 Å². The van der Waals surface area contributed by atoms with Crippen LogP contribution in [0.3, 0.4) is 0 Å². The average molecular weight is 288 g/mol. The molecular weight excluding hydrogens is 256 g/mol. The summed E-state index contributed by atoms with van der Waals surface area (Å²) in [5.74, 6) is 7.58.